The SMILES string of the molecule is CCC(N)C(OCCCC(C)C)c1ccc(Cl)s1. The summed E-state index contributed by atoms with van der Waals surface area (Å²) in [7, 11) is 0. The molecule has 1 aromatic heterocycles. The summed E-state index contributed by atoms with van der Waals surface area (Å²) in [5, 5.41) is 0. The molecule has 18 heavy (non-hydrogen) atoms. The number of rotatable bonds is 8. The minimum Gasteiger partial charge on any atom is -0.371 e. The lowest BCUT2D eigenvalue weighted by molar-refractivity contribution is 0.0325. The largest absolute Gasteiger partial charge is 0.371 e. The van der Waals surface area contributed by atoms with Crippen LogP contribution in [-0.2, 0) is 4.74 Å². The summed E-state index contributed by atoms with van der Waals surface area (Å²) < 4.78 is 6.77. The van der Waals surface area contributed by atoms with Crippen molar-refractivity contribution in [3.05, 3.63) is 21.3 Å². The Morgan fingerprint density at radius 1 is 1.39 bits per heavy atom. The van der Waals surface area contributed by atoms with Crippen LogP contribution < -0.4 is 5.73 Å². The molecule has 2 atom stereocenters. The highest BCUT2D eigenvalue weighted by Gasteiger charge is 2.20. The highest BCUT2D eigenvalue weighted by molar-refractivity contribution is 7.16. The van der Waals surface area contributed by atoms with Crippen molar-refractivity contribution in [1.82, 2.24) is 0 Å². The van der Waals surface area contributed by atoms with E-state index in [2.05, 4.69) is 20.8 Å². The number of thiophene rings is 1. The monoisotopic (exact) mass is 289 g/mol. The molecular weight excluding hydrogens is 266 g/mol. The highest BCUT2D eigenvalue weighted by Crippen LogP contribution is 2.31. The van der Waals surface area contributed by atoms with Gasteiger partial charge in [-0.1, -0.05) is 32.4 Å². The number of hydrogen-bond donors (Lipinski definition) is 1. The summed E-state index contributed by atoms with van der Waals surface area (Å²) in [4.78, 5) is 1.14. The zero-order valence-electron chi connectivity index (χ0n) is 11.5. The Kier molecular flexibility index (Phi) is 7.23. The number of nitrogens with two attached hydrogens (primary N) is 1. The fourth-order valence-electron chi connectivity index (χ4n) is 1.81. The smallest absolute Gasteiger partial charge is 0.107 e. The molecule has 0 aliphatic rings. The summed E-state index contributed by atoms with van der Waals surface area (Å²) in [6.45, 7) is 7.32. The van der Waals surface area contributed by atoms with Gasteiger partial charge in [-0.05, 0) is 37.3 Å². The minimum atomic E-state index is -0.0142. The van der Waals surface area contributed by atoms with Crippen molar-refractivity contribution in [3.63, 3.8) is 0 Å². The van der Waals surface area contributed by atoms with Gasteiger partial charge >= 0.3 is 0 Å². The van der Waals surface area contributed by atoms with Crippen LogP contribution in [0.5, 0.6) is 0 Å². The number of ether oxygens (including phenoxy) is 1. The third-order valence-corrected chi connectivity index (χ3v) is 4.25. The van der Waals surface area contributed by atoms with E-state index in [1.165, 1.54) is 6.42 Å². The van der Waals surface area contributed by atoms with Crippen molar-refractivity contribution < 1.29 is 4.74 Å². The quantitative estimate of drug-likeness (QED) is 0.708. The maximum absolute atomic E-state index is 6.14. The van der Waals surface area contributed by atoms with E-state index in [0.717, 1.165) is 34.6 Å². The van der Waals surface area contributed by atoms with Crippen molar-refractivity contribution >= 4 is 22.9 Å². The fraction of sp³-hybridized carbons (Fsp3) is 0.714. The molecule has 1 aromatic rings. The van der Waals surface area contributed by atoms with E-state index in [-0.39, 0.29) is 12.1 Å². The Bertz CT molecular complexity index is 340. The Labute approximate surface area is 119 Å². The van der Waals surface area contributed by atoms with Crippen LogP contribution in [0.25, 0.3) is 0 Å². The van der Waals surface area contributed by atoms with E-state index in [4.69, 9.17) is 22.1 Å². The number of halogens is 1. The van der Waals surface area contributed by atoms with Crippen LogP contribution in [-0.4, -0.2) is 12.6 Å². The van der Waals surface area contributed by atoms with Crippen molar-refractivity contribution in [2.45, 2.75) is 52.2 Å². The Hall–Kier alpha value is -0.0900. The molecule has 0 aliphatic heterocycles. The van der Waals surface area contributed by atoms with Gasteiger partial charge in [0.2, 0.25) is 0 Å². The second-order valence-corrected chi connectivity index (χ2v) is 6.79. The second-order valence-electron chi connectivity index (χ2n) is 5.04. The van der Waals surface area contributed by atoms with Gasteiger partial charge in [-0.15, -0.1) is 11.3 Å². The first-order valence-corrected chi connectivity index (χ1v) is 7.86. The van der Waals surface area contributed by atoms with Crippen LogP contribution in [0.2, 0.25) is 4.34 Å². The first kappa shape index (κ1) is 16.0. The average Bonchev–Trinajstić information content (AvgIpc) is 2.74. The summed E-state index contributed by atoms with van der Waals surface area (Å²) in [6.07, 6.45) is 3.17. The van der Waals surface area contributed by atoms with E-state index >= 15 is 0 Å². The minimum absolute atomic E-state index is 0.0142. The van der Waals surface area contributed by atoms with Crippen LogP contribution in [0.15, 0.2) is 12.1 Å². The Morgan fingerprint density at radius 2 is 2.11 bits per heavy atom. The van der Waals surface area contributed by atoms with Gasteiger partial charge in [0.1, 0.15) is 6.10 Å². The van der Waals surface area contributed by atoms with E-state index in [1.54, 1.807) is 11.3 Å². The molecule has 0 saturated carbocycles. The molecule has 1 heterocycles. The summed E-state index contributed by atoms with van der Waals surface area (Å²) in [5.74, 6) is 0.725. The van der Waals surface area contributed by atoms with E-state index in [1.807, 2.05) is 12.1 Å². The third kappa shape index (κ3) is 5.27. The molecule has 2 N–H and O–H groups in total. The van der Waals surface area contributed by atoms with E-state index in [0.29, 0.717) is 0 Å². The molecule has 0 fully saturated rings. The van der Waals surface area contributed by atoms with Crippen molar-refractivity contribution in [1.29, 1.82) is 0 Å². The maximum Gasteiger partial charge on any atom is 0.107 e. The lowest BCUT2D eigenvalue weighted by Gasteiger charge is -2.22. The van der Waals surface area contributed by atoms with Crippen LogP contribution in [0.4, 0.5) is 0 Å². The summed E-state index contributed by atoms with van der Waals surface area (Å²) >= 11 is 7.54. The van der Waals surface area contributed by atoms with Gasteiger partial charge in [0.05, 0.1) is 4.34 Å². The fourth-order valence-corrected chi connectivity index (χ4v) is 3.00. The molecule has 0 bridgehead atoms. The first-order chi connectivity index (χ1) is 8.54. The van der Waals surface area contributed by atoms with Crippen LogP contribution in [0.1, 0.15) is 51.0 Å². The first-order valence-electron chi connectivity index (χ1n) is 6.67. The second kappa shape index (κ2) is 8.16. The van der Waals surface area contributed by atoms with Gasteiger partial charge in [-0.2, -0.15) is 0 Å². The molecule has 0 saturated heterocycles. The Balaban J connectivity index is 2.51. The van der Waals surface area contributed by atoms with Crippen LogP contribution in [0.3, 0.4) is 0 Å². The molecule has 2 unspecified atom stereocenters. The van der Waals surface area contributed by atoms with Crippen molar-refractivity contribution in [3.8, 4) is 0 Å². The zero-order chi connectivity index (χ0) is 13.5. The third-order valence-electron chi connectivity index (χ3n) is 2.96. The number of hydrogen-bond acceptors (Lipinski definition) is 3. The normalized spacial score (nSPS) is 15.0. The maximum atomic E-state index is 6.14. The summed E-state index contributed by atoms with van der Waals surface area (Å²) in [6, 6.07) is 3.98. The molecule has 104 valence electrons. The van der Waals surface area contributed by atoms with Gasteiger partial charge in [-0.3, -0.25) is 0 Å². The molecule has 0 radical (unpaired) electrons. The predicted molar refractivity (Wildman–Crippen MR) is 80.4 cm³/mol. The topological polar surface area (TPSA) is 35.2 Å². The van der Waals surface area contributed by atoms with Crippen molar-refractivity contribution in [2.75, 3.05) is 6.61 Å². The van der Waals surface area contributed by atoms with Crippen LogP contribution >= 0.6 is 22.9 Å². The average molecular weight is 290 g/mol. The lowest BCUT2D eigenvalue weighted by Crippen LogP contribution is -2.29. The molecule has 0 aliphatic carbocycles. The molecule has 2 nitrogen and oxygen atoms in total. The van der Waals surface area contributed by atoms with E-state index in [9.17, 15) is 0 Å². The van der Waals surface area contributed by atoms with Crippen molar-refractivity contribution in [2.24, 2.45) is 11.7 Å². The molecule has 0 spiro atoms. The Morgan fingerprint density at radius 3 is 2.61 bits per heavy atom. The molecule has 1 rings (SSSR count). The van der Waals surface area contributed by atoms with Gasteiger partial charge in [0.15, 0.2) is 0 Å². The van der Waals surface area contributed by atoms with Gasteiger partial charge in [0, 0.05) is 17.5 Å². The molecule has 4 heteroatoms. The standard InChI is InChI=1S/C14H24ClNOS/c1-4-11(16)14(12-7-8-13(15)18-12)17-9-5-6-10(2)3/h7-8,10-11,14H,4-6,9,16H2,1-3H3. The van der Waals surface area contributed by atoms with E-state index < -0.39 is 0 Å². The highest BCUT2D eigenvalue weighted by atomic mass is 35.5. The summed E-state index contributed by atoms with van der Waals surface area (Å²) in [5.41, 5.74) is 6.14. The van der Waals surface area contributed by atoms with Crippen LogP contribution in [0, 0.1) is 5.92 Å². The van der Waals surface area contributed by atoms with Gasteiger partial charge in [-0.25, -0.2) is 0 Å². The lowest BCUT2D eigenvalue weighted by atomic mass is 10.1. The molecular formula is C14H24ClNOS. The zero-order valence-corrected chi connectivity index (χ0v) is 13.1. The predicted octanol–water partition coefficient (Wildman–Crippen LogP) is 4.63. The molecule has 0 aromatic carbocycles. The van der Waals surface area contributed by atoms with Gasteiger partial charge in [0.25, 0.3) is 0 Å². The van der Waals surface area contributed by atoms with Gasteiger partial charge < -0.3 is 10.5 Å². The molecule has 0 amide bonds.